The van der Waals surface area contributed by atoms with E-state index in [1.165, 1.54) is 188 Å². The Hall–Kier alpha value is -3.97. The number of nitriles is 1. The minimum absolute atomic E-state index is 0. The van der Waals surface area contributed by atoms with Gasteiger partial charge in [-0.15, -0.1) is 5.16 Å². The van der Waals surface area contributed by atoms with E-state index in [4.69, 9.17) is 58.2 Å². The van der Waals surface area contributed by atoms with Crippen molar-refractivity contribution in [3.05, 3.63) is 34.2 Å². The number of ether oxygens (including phenoxy) is 3. The number of carbonyl (C=O) groups is 7. The molecule has 22 fully saturated rings. The summed E-state index contributed by atoms with van der Waals surface area (Å²) in [6.07, 6.45) is 52.4. The molecule has 0 saturated heterocycles. The minimum atomic E-state index is -0.694. The zero-order valence-corrected chi connectivity index (χ0v) is 66.0. The number of aliphatic hydroxyl groups excluding tert-OH is 1. The van der Waals surface area contributed by atoms with Gasteiger partial charge in [0, 0.05) is 40.4 Å². The molecule has 22 aliphatic rings. The van der Waals surface area contributed by atoms with Gasteiger partial charge in [0.15, 0.2) is 5.17 Å². The van der Waals surface area contributed by atoms with Gasteiger partial charge in [-0.1, -0.05) is 35.0 Å². The van der Waals surface area contributed by atoms with Gasteiger partial charge in [0.1, 0.15) is 16.7 Å². The second kappa shape index (κ2) is 38.2. The molecule has 0 radical (unpaired) electrons. The minimum Gasteiger partial charge on any atom is -0.805 e. The van der Waals surface area contributed by atoms with Gasteiger partial charge in [0.05, 0.1) is 55.5 Å². The van der Waals surface area contributed by atoms with Crippen LogP contribution in [0.4, 0.5) is 0 Å². The molecular formula is C79H117Cl2N4NaO15S. The zero-order chi connectivity index (χ0) is 73.2. The van der Waals surface area contributed by atoms with Crippen LogP contribution in [0, 0.1) is 105 Å². The Morgan fingerprint density at radius 1 is 0.539 bits per heavy atom. The van der Waals surface area contributed by atoms with Crippen LogP contribution in [0.2, 0.25) is 0 Å². The SMILES string of the molecule is COC(=O)C12CCC(C(=O)Cl)(CC1)CC2.COC(=O)C12CCC(C(=O)O)(CC1)CC2.COC(=O)C12CCC(CC1)CC2.N#CCC(=O)C1CC1.O/N=C(\Cl)C12CCC(CC1)CC2.O/N=C/C12CCC(CC1)CC2.O=CC12CCC(CC1)CC2.OCC12CCC(CC1)CC2.[Na+].[O-]n1ccccc1=S. The number of pyridine rings is 1. The van der Waals surface area contributed by atoms with Gasteiger partial charge >= 0.3 is 53.4 Å². The summed E-state index contributed by atoms with van der Waals surface area (Å²) in [5.41, 5.74) is -0.747. The molecule has 0 aliphatic heterocycles. The molecule has 0 amide bonds. The molecule has 0 atom stereocenters. The molecule has 0 aromatic carbocycles. The Morgan fingerprint density at radius 3 is 1.14 bits per heavy atom. The van der Waals surface area contributed by atoms with Crippen molar-refractivity contribution in [2.24, 2.45) is 94.6 Å². The third-order valence-electron chi connectivity index (χ3n) is 28.5. The quantitative estimate of drug-likeness (QED) is 0.0184. The molecule has 23 heteroatoms. The van der Waals surface area contributed by atoms with Crippen molar-refractivity contribution >= 4 is 88.0 Å². The van der Waals surface area contributed by atoms with Gasteiger partial charge in [-0.3, -0.25) is 28.8 Å². The van der Waals surface area contributed by atoms with E-state index >= 15 is 0 Å². The van der Waals surface area contributed by atoms with E-state index in [1.54, 1.807) is 24.4 Å². The summed E-state index contributed by atoms with van der Waals surface area (Å²) in [5.74, 6) is 4.30. The molecule has 0 unspecified atom stereocenters. The Balaban J connectivity index is 0.000000162. The maximum atomic E-state index is 11.7. The van der Waals surface area contributed by atoms with Crippen LogP contribution < -0.4 is 29.6 Å². The van der Waals surface area contributed by atoms with E-state index < -0.39 is 11.4 Å². The molecule has 14 bridgehead atoms. The standard InChI is InChI=1S/C11H15ClO3.C11H16O4.C10H16O2.C9H14ClNO.C9H15NO.C9H16O.C9H14O.C6H7NO.C5H4NOS.Na/c2*1-15-9(14)11-5-2-10(3-6-11,4-7-11)8(12)13;1-12-9(11)10-5-2-8(3-6-10)4-7-10;10-8(11-12)9-4-1-7(2-5-9)3-6-9;11-10-7-9-4-1-8(2-5-9)3-6-9;2*10-7-9-4-1-8(2-5-9)3-6-9;7-4-3-6(8)5-1-2-5;7-6-4-2-1-3-5(6)8;/h2-7H2,1H3;2-7H2,1H3,(H,12,13);8H,2-7H2,1H3;7,12H,1-6H2;7-8,11H,1-6H2;8,10H,1-7H2;7-8H,1-6H2;5H,1-3H2;1-4H;/q;;;;;;;;-1;+1/b;;;11-8-;10-7+;;;;;. The summed E-state index contributed by atoms with van der Waals surface area (Å²) in [5, 5.41) is 60.6. The van der Waals surface area contributed by atoms with Crippen molar-refractivity contribution in [1.29, 1.82) is 5.26 Å². The summed E-state index contributed by atoms with van der Waals surface area (Å²) in [6.45, 7) is 0.444. The van der Waals surface area contributed by atoms with E-state index in [0.29, 0.717) is 70.5 Å². The number of rotatable bonds is 11. The number of aliphatic carboxylic acids is 1. The number of ketones is 1. The Labute approximate surface area is 643 Å². The van der Waals surface area contributed by atoms with E-state index in [-0.39, 0.29) is 103 Å². The Bertz CT molecular complexity index is 2950. The number of aliphatic hydroxyl groups is 1. The van der Waals surface area contributed by atoms with Crippen LogP contribution in [-0.2, 0) is 47.8 Å². The van der Waals surface area contributed by atoms with Gasteiger partial charge in [0.25, 0.3) is 0 Å². The average Bonchev–Trinajstić information content (AvgIpc) is 1.15. The van der Waals surface area contributed by atoms with Crippen molar-refractivity contribution in [3.63, 3.8) is 0 Å². The number of hydrogen-bond acceptors (Lipinski definition) is 18. The maximum absolute atomic E-state index is 11.7. The van der Waals surface area contributed by atoms with Crippen molar-refractivity contribution in [2.45, 2.75) is 289 Å². The molecule has 0 spiro atoms. The Morgan fingerprint density at radius 2 is 0.873 bits per heavy atom. The molecule has 19 nitrogen and oxygen atoms in total. The molecule has 22 saturated carbocycles. The van der Waals surface area contributed by atoms with Gasteiger partial charge in [-0.2, -0.15) is 5.26 Å². The number of carboxylic acids is 1. The number of oxime groups is 2. The smallest absolute Gasteiger partial charge is 0.805 e. The van der Waals surface area contributed by atoms with Crippen molar-refractivity contribution in [3.8, 4) is 6.07 Å². The number of carboxylic acid groups (broad SMARTS) is 1. The predicted molar refractivity (Wildman–Crippen MR) is 388 cm³/mol. The van der Waals surface area contributed by atoms with E-state index in [1.807, 2.05) is 6.07 Å². The number of Topliss-reactive ketones (excluding diaryl/α,β-unsaturated/α-hetero) is 1. The predicted octanol–water partition coefficient (Wildman–Crippen LogP) is 14.9. The average molecular weight is 1490 g/mol. The number of esters is 3. The zero-order valence-electron chi connectivity index (χ0n) is 61.7. The van der Waals surface area contributed by atoms with Crippen molar-refractivity contribution in [1.82, 2.24) is 4.73 Å². The molecule has 1 heterocycles. The third-order valence-corrected chi connectivity index (χ3v) is 29.7. The fourth-order valence-corrected chi connectivity index (χ4v) is 20.9. The maximum Gasteiger partial charge on any atom is 1.00 e. The first kappa shape index (κ1) is 85.3. The number of aromatic nitrogens is 1. The topological polar surface area (TPSA) is 305 Å². The Kier molecular flexibility index (Phi) is 31.9. The van der Waals surface area contributed by atoms with Crippen molar-refractivity contribution in [2.75, 3.05) is 27.9 Å². The fraction of sp³-hybridized carbons (Fsp3) is 0.810. The molecule has 4 N–H and O–H groups in total. The molecule has 1 aromatic rings. The molecule has 22 aliphatic carbocycles. The summed E-state index contributed by atoms with van der Waals surface area (Å²) in [6, 6.07) is 6.80. The summed E-state index contributed by atoms with van der Waals surface area (Å²) in [4.78, 5) is 78.7. The van der Waals surface area contributed by atoms with Gasteiger partial charge in [0.2, 0.25) is 5.24 Å². The van der Waals surface area contributed by atoms with Gasteiger partial charge in [-0.25, -0.2) is 0 Å². The number of nitrogens with zero attached hydrogens (tertiary/aromatic N) is 4. The van der Waals surface area contributed by atoms with Crippen LogP contribution in [0.15, 0.2) is 34.7 Å². The monoisotopic (exact) mass is 1490 g/mol. The summed E-state index contributed by atoms with van der Waals surface area (Å²) < 4.78 is 15.5. The largest absolute Gasteiger partial charge is 1.00 e. The second-order valence-electron chi connectivity index (χ2n) is 33.7. The molecule has 564 valence electrons. The van der Waals surface area contributed by atoms with E-state index in [9.17, 15) is 43.9 Å². The van der Waals surface area contributed by atoms with Gasteiger partial charge < -0.3 is 49.6 Å². The first-order valence-electron chi connectivity index (χ1n) is 38.4. The number of aldehydes is 1. The number of methoxy groups -OCH3 is 3. The van der Waals surface area contributed by atoms with Crippen LogP contribution >= 0.6 is 35.4 Å². The summed E-state index contributed by atoms with van der Waals surface area (Å²) >= 11 is 16.2. The van der Waals surface area contributed by atoms with E-state index in [0.717, 1.165) is 119 Å². The fourth-order valence-electron chi connectivity index (χ4n) is 20.1. The number of hydrogen-bond donors (Lipinski definition) is 4. The third kappa shape index (κ3) is 21.0. The number of fused-ring (bicyclic) bond motifs is 21. The first-order valence-corrected chi connectivity index (χ1v) is 39.6. The van der Waals surface area contributed by atoms with E-state index in [2.05, 4.69) is 22.5 Å². The molecular weight excluding hydrogens is 1370 g/mol. The summed E-state index contributed by atoms with van der Waals surface area (Å²) in [7, 11) is 4.35. The second-order valence-corrected chi connectivity index (χ2v) is 34.8. The van der Waals surface area contributed by atoms with Gasteiger partial charge in [-0.05, 0) is 347 Å². The number of halogens is 2. The molecule has 1 aromatic heterocycles. The molecule has 102 heavy (non-hydrogen) atoms. The van der Waals surface area contributed by atoms with Crippen LogP contribution in [0.1, 0.15) is 289 Å². The molecule has 23 rings (SSSR count). The van der Waals surface area contributed by atoms with Crippen molar-refractivity contribution < 1.29 is 98.0 Å². The van der Waals surface area contributed by atoms with Crippen LogP contribution in [0.25, 0.3) is 0 Å². The van der Waals surface area contributed by atoms with Crippen LogP contribution in [-0.4, -0.2) is 106 Å². The number of carbonyl (C=O) groups excluding carboxylic acids is 6. The van der Waals surface area contributed by atoms with Crippen LogP contribution in [0.3, 0.4) is 0 Å². The first-order chi connectivity index (χ1) is 48.3. The normalized spacial score (nSPS) is 36.7. The van der Waals surface area contributed by atoms with Crippen LogP contribution in [0.5, 0.6) is 0 Å².